The van der Waals surface area contributed by atoms with Crippen LogP contribution in [0.1, 0.15) is 12.5 Å². The molecule has 1 aliphatic heterocycles. The Morgan fingerprint density at radius 3 is 2.35 bits per heavy atom. The van der Waals surface area contributed by atoms with Gasteiger partial charge in [0.2, 0.25) is 0 Å². The third kappa shape index (κ3) is 2.36. The van der Waals surface area contributed by atoms with Crippen molar-refractivity contribution in [1.82, 2.24) is 4.90 Å². The minimum absolute atomic E-state index is 0.208. The molecule has 0 saturated carbocycles. The van der Waals surface area contributed by atoms with Crippen LogP contribution < -0.4 is 0 Å². The lowest BCUT2D eigenvalue weighted by molar-refractivity contribution is -0.137. The lowest BCUT2D eigenvalue weighted by Crippen LogP contribution is -2.32. The van der Waals surface area contributed by atoms with Crippen molar-refractivity contribution in [2.75, 3.05) is 6.54 Å². The second-order valence-electron chi connectivity index (χ2n) is 4.04. The highest BCUT2D eigenvalue weighted by molar-refractivity contribution is 6.15. The molecular weight excluding hydrogens is 218 g/mol. The van der Waals surface area contributed by atoms with E-state index in [1.54, 1.807) is 31.2 Å². The van der Waals surface area contributed by atoms with Gasteiger partial charge in [0.1, 0.15) is 5.75 Å². The largest absolute Gasteiger partial charge is 0.508 e. The van der Waals surface area contributed by atoms with E-state index < -0.39 is 0 Å². The molecule has 0 fully saturated rings. The molecule has 17 heavy (non-hydrogen) atoms. The van der Waals surface area contributed by atoms with E-state index in [9.17, 15) is 9.59 Å². The maximum atomic E-state index is 11.6. The summed E-state index contributed by atoms with van der Waals surface area (Å²) in [5.74, 6) is -0.250. The Kier molecular flexibility index (Phi) is 2.95. The minimum atomic E-state index is -0.244. The second-order valence-corrected chi connectivity index (χ2v) is 4.04. The number of carbonyl (C=O) groups excluding carboxylic acids is 2. The Balaban J connectivity index is 1.98. The summed E-state index contributed by atoms with van der Waals surface area (Å²) in [6.45, 7) is 2.01. The molecule has 0 radical (unpaired) electrons. The summed E-state index contributed by atoms with van der Waals surface area (Å²) in [5.41, 5.74) is 1.47. The first-order valence-corrected chi connectivity index (χ1v) is 5.40. The monoisotopic (exact) mass is 231 g/mol. The predicted molar refractivity (Wildman–Crippen MR) is 62.3 cm³/mol. The van der Waals surface area contributed by atoms with Crippen molar-refractivity contribution in [2.24, 2.45) is 0 Å². The minimum Gasteiger partial charge on any atom is -0.508 e. The van der Waals surface area contributed by atoms with Gasteiger partial charge in [-0.05, 0) is 31.0 Å². The molecule has 2 rings (SSSR count). The zero-order chi connectivity index (χ0) is 12.4. The first kappa shape index (κ1) is 11.4. The van der Waals surface area contributed by atoms with Crippen LogP contribution in [0.2, 0.25) is 0 Å². The number of aromatic hydroxyl groups is 1. The summed E-state index contributed by atoms with van der Waals surface area (Å²) in [5, 5.41) is 9.13. The summed E-state index contributed by atoms with van der Waals surface area (Å²) in [4.78, 5) is 24.3. The summed E-state index contributed by atoms with van der Waals surface area (Å²) in [7, 11) is 0. The zero-order valence-corrected chi connectivity index (χ0v) is 9.51. The topological polar surface area (TPSA) is 57.6 Å². The average molecular weight is 231 g/mol. The highest BCUT2D eigenvalue weighted by atomic mass is 16.3. The molecule has 1 heterocycles. The SMILES string of the molecule is CC1=CC(=O)N(CCc2ccc(O)cc2)C1=O. The van der Waals surface area contributed by atoms with Gasteiger partial charge in [-0.3, -0.25) is 14.5 Å². The summed E-state index contributed by atoms with van der Waals surface area (Å²) >= 11 is 0. The van der Waals surface area contributed by atoms with Crippen LogP contribution in [-0.2, 0) is 16.0 Å². The van der Waals surface area contributed by atoms with Gasteiger partial charge < -0.3 is 5.11 Å². The number of nitrogens with zero attached hydrogens (tertiary/aromatic N) is 1. The van der Waals surface area contributed by atoms with Crippen LogP contribution in [0, 0.1) is 0 Å². The molecule has 1 aromatic rings. The molecule has 0 atom stereocenters. The predicted octanol–water partition coefficient (Wildman–Crippen LogP) is 1.25. The van der Waals surface area contributed by atoms with Crippen molar-refractivity contribution < 1.29 is 14.7 Å². The van der Waals surface area contributed by atoms with Gasteiger partial charge in [0, 0.05) is 18.2 Å². The summed E-state index contributed by atoms with van der Waals surface area (Å²) in [6.07, 6.45) is 1.96. The van der Waals surface area contributed by atoms with Gasteiger partial charge in [-0.15, -0.1) is 0 Å². The normalized spacial score (nSPS) is 15.4. The van der Waals surface area contributed by atoms with Crippen molar-refractivity contribution in [3.63, 3.8) is 0 Å². The first-order valence-electron chi connectivity index (χ1n) is 5.40. The smallest absolute Gasteiger partial charge is 0.256 e. The van der Waals surface area contributed by atoms with Crippen molar-refractivity contribution in [3.8, 4) is 5.75 Å². The fourth-order valence-electron chi connectivity index (χ4n) is 1.75. The van der Waals surface area contributed by atoms with E-state index in [1.165, 1.54) is 11.0 Å². The highest BCUT2D eigenvalue weighted by Gasteiger charge is 2.27. The Morgan fingerprint density at radius 1 is 1.18 bits per heavy atom. The number of amides is 2. The third-order valence-corrected chi connectivity index (χ3v) is 2.75. The lowest BCUT2D eigenvalue weighted by Gasteiger charge is -2.14. The van der Waals surface area contributed by atoms with Gasteiger partial charge in [0.25, 0.3) is 11.8 Å². The number of hydrogen-bond donors (Lipinski definition) is 1. The molecule has 1 aromatic carbocycles. The van der Waals surface area contributed by atoms with E-state index in [-0.39, 0.29) is 17.6 Å². The molecule has 88 valence electrons. The van der Waals surface area contributed by atoms with Gasteiger partial charge in [-0.2, -0.15) is 0 Å². The van der Waals surface area contributed by atoms with Gasteiger partial charge in [-0.1, -0.05) is 12.1 Å². The van der Waals surface area contributed by atoms with Crippen molar-refractivity contribution in [1.29, 1.82) is 0 Å². The molecule has 2 amide bonds. The van der Waals surface area contributed by atoms with Crippen molar-refractivity contribution in [2.45, 2.75) is 13.3 Å². The lowest BCUT2D eigenvalue weighted by atomic mass is 10.1. The summed E-state index contributed by atoms with van der Waals surface area (Å²) in [6, 6.07) is 6.74. The van der Waals surface area contributed by atoms with Crippen LogP contribution in [0.15, 0.2) is 35.9 Å². The van der Waals surface area contributed by atoms with E-state index in [0.29, 0.717) is 18.5 Å². The fraction of sp³-hybridized carbons (Fsp3) is 0.231. The Bertz CT molecular complexity index is 488. The van der Waals surface area contributed by atoms with Gasteiger partial charge in [-0.25, -0.2) is 0 Å². The molecule has 0 aromatic heterocycles. The number of rotatable bonds is 3. The number of hydrogen-bond acceptors (Lipinski definition) is 3. The second kappa shape index (κ2) is 4.41. The quantitative estimate of drug-likeness (QED) is 0.796. The number of phenols is 1. The van der Waals surface area contributed by atoms with E-state index >= 15 is 0 Å². The van der Waals surface area contributed by atoms with Gasteiger partial charge in [0.05, 0.1) is 0 Å². The van der Waals surface area contributed by atoms with E-state index in [4.69, 9.17) is 5.11 Å². The van der Waals surface area contributed by atoms with E-state index in [2.05, 4.69) is 0 Å². The van der Waals surface area contributed by atoms with Crippen molar-refractivity contribution >= 4 is 11.8 Å². The van der Waals surface area contributed by atoms with Crippen molar-refractivity contribution in [3.05, 3.63) is 41.5 Å². The molecule has 4 heteroatoms. The Morgan fingerprint density at radius 2 is 1.82 bits per heavy atom. The van der Waals surface area contributed by atoms with E-state index in [0.717, 1.165) is 5.56 Å². The maximum Gasteiger partial charge on any atom is 0.256 e. The molecule has 0 bridgehead atoms. The van der Waals surface area contributed by atoms with Gasteiger partial charge >= 0.3 is 0 Å². The first-order chi connectivity index (χ1) is 8.08. The number of carbonyl (C=O) groups is 2. The maximum absolute atomic E-state index is 11.6. The fourth-order valence-corrected chi connectivity index (χ4v) is 1.75. The van der Waals surface area contributed by atoms with E-state index in [1.807, 2.05) is 0 Å². The number of benzene rings is 1. The molecule has 0 saturated heterocycles. The van der Waals surface area contributed by atoms with Crippen LogP contribution in [-0.4, -0.2) is 28.4 Å². The molecular formula is C13H13NO3. The molecule has 0 unspecified atom stereocenters. The molecule has 0 aliphatic carbocycles. The highest BCUT2D eigenvalue weighted by Crippen LogP contribution is 2.14. The average Bonchev–Trinajstić information content (AvgIpc) is 2.54. The Hall–Kier alpha value is -2.10. The summed E-state index contributed by atoms with van der Waals surface area (Å²) < 4.78 is 0. The van der Waals surface area contributed by atoms with Crippen LogP contribution >= 0.6 is 0 Å². The molecule has 4 nitrogen and oxygen atoms in total. The Labute approximate surface area is 99.2 Å². The van der Waals surface area contributed by atoms with Crippen LogP contribution in [0.25, 0.3) is 0 Å². The van der Waals surface area contributed by atoms with Crippen LogP contribution in [0.5, 0.6) is 5.75 Å². The molecule has 1 N–H and O–H groups in total. The van der Waals surface area contributed by atoms with Crippen LogP contribution in [0.4, 0.5) is 0 Å². The zero-order valence-electron chi connectivity index (χ0n) is 9.51. The third-order valence-electron chi connectivity index (χ3n) is 2.75. The number of phenolic OH excluding ortho intramolecular Hbond substituents is 1. The number of imide groups is 1. The molecule has 1 aliphatic rings. The van der Waals surface area contributed by atoms with Gasteiger partial charge in [0.15, 0.2) is 0 Å². The standard InChI is InChI=1S/C13H13NO3/c1-9-8-12(16)14(13(9)17)7-6-10-2-4-11(15)5-3-10/h2-5,8,15H,6-7H2,1H3. The van der Waals surface area contributed by atoms with Crippen LogP contribution in [0.3, 0.4) is 0 Å². The molecule has 0 spiro atoms.